The molecule has 0 unspecified atom stereocenters. The highest BCUT2D eigenvalue weighted by Gasteiger charge is 2.35. The number of ether oxygens (including phenoxy) is 3. The molecule has 1 aromatic carbocycles. The summed E-state index contributed by atoms with van der Waals surface area (Å²) in [4.78, 5) is 16.9. The van der Waals surface area contributed by atoms with Crippen LogP contribution in [0.15, 0.2) is 18.2 Å². The Balaban J connectivity index is 2.03. The number of halogens is 3. The summed E-state index contributed by atoms with van der Waals surface area (Å²) < 4.78 is 57.8. The predicted molar refractivity (Wildman–Crippen MR) is 103 cm³/mol. The second-order valence-corrected chi connectivity index (χ2v) is 8.02. The highest BCUT2D eigenvalue weighted by atomic mass is 19.4. The van der Waals surface area contributed by atoms with Crippen LogP contribution in [0, 0.1) is 0 Å². The lowest BCUT2D eigenvalue weighted by atomic mass is 10.1. The number of nitrogens with one attached hydrogen (secondary N) is 1. The van der Waals surface area contributed by atoms with Crippen molar-refractivity contribution < 1.29 is 32.2 Å². The lowest BCUT2D eigenvalue weighted by Gasteiger charge is -2.31. The summed E-state index contributed by atoms with van der Waals surface area (Å²) >= 11 is 0. The van der Waals surface area contributed by atoms with Crippen LogP contribution in [-0.4, -0.2) is 47.2 Å². The number of amides is 1. The van der Waals surface area contributed by atoms with Crippen LogP contribution in [0.2, 0.25) is 0 Å². The zero-order valence-electron chi connectivity index (χ0n) is 17.4. The number of carbonyl (C=O) groups excluding carboxylic acids is 1. The maximum atomic E-state index is 13.1. The first-order valence-corrected chi connectivity index (χ1v) is 9.76. The minimum Gasteiger partial charge on any atom is -0.444 e. The fraction of sp³-hybridized carbons (Fsp3) is 0.600. The van der Waals surface area contributed by atoms with Crippen molar-refractivity contribution in [1.29, 1.82) is 0 Å². The van der Waals surface area contributed by atoms with Crippen LogP contribution in [0.1, 0.15) is 45.1 Å². The van der Waals surface area contributed by atoms with E-state index in [9.17, 15) is 18.0 Å². The molecule has 1 N–H and O–H groups in total. The number of rotatable bonds is 4. The SMILES string of the molecule is CCn1c([C@@H](NC(=O)OC(C)(C)C)[C@H]2COCCO2)nc2cc(C(F)(F)F)ccc21. The second kappa shape index (κ2) is 8.43. The molecule has 1 fully saturated rings. The number of hydrogen-bond donors (Lipinski definition) is 1. The first kappa shape index (κ1) is 22.4. The molecule has 30 heavy (non-hydrogen) atoms. The van der Waals surface area contributed by atoms with Crippen molar-refractivity contribution in [2.75, 3.05) is 19.8 Å². The smallest absolute Gasteiger partial charge is 0.416 e. The van der Waals surface area contributed by atoms with Crippen LogP contribution in [0.25, 0.3) is 11.0 Å². The van der Waals surface area contributed by atoms with Gasteiger partial charge in [-0.1, -0.05) is 0 Å². The van der Waals surface area contributed by atoms with E-state index in [-0.39, 0.29) is 12.1 Å². The van der Waals surface area contributed by atoms with E-state index in [2.05, 4.69) is 10.3 Å². The van der Waals surface area contributed by atoms with Crippen molar-refractivity contribution in [2.24, 2.45) is 0 Å². The lowest BCUT2D eigenvalue weighted by molar-refractivity contribution is -0.137. The van der Waals surface area contributed by atoms with Gasteiger partial charge in [0.25, 0.3) is 0 Å². The monoisotopic (exact) mass is 429 g/mol. The Labute approximate surface area is 172 Å². The quantitative estimate of drug-likeness (QED) is 0.794. The van der Waals surface area contributed by atoms with Crippen molar-refractivity contribution in [3.05, 3.63) is 29.6 Å². The molecule has 2 atom stereocenters. The van der Waals surface area contributed by atoms with E-state index < -0.39 is 35.6 Å². The Bertz CT molecular complexity index is 899. The molecule has 0 aliphatic carbocycles. The van der Waals surface area contributed by atoms with Gasteiger partial charge in [0.1, 0.15) is 23.6 Å². The number of nitrogens with zero attached hydrogens (tertiary/aromatic N) is 2. The molecule has 7 nitrogen and oxygen atoms in total. The second-order valence-electron chi connectivity index (χ2n) is 8.02. The van der Waals surface area contributed by atoms with Crippen LogP contribution in [0.4, 0.5) is 18.0 Å². The molecule has 1 aromatic heterocycles. The Morgan fingerprint density at radius 1 is 1.33 bits per heavy atom. The Morgan fingerprint density at radius 2 is 2.07 bits per heavy atom. The minimum absolute atomic E-state index is 0.189. The summed E-state index contributed by atoms with van der Waals surface area (Å²) in [5.74, 6) is 0.383. The van der Waals surface area contributed by atoms with E-state index in [1.54, 1.807) is 25.3 Å². The highest BCUT2D eigenvalue weighted by molar-refractivity contribution is 5.77. The summed E-state index contributed by atoms with van der Waals surface area (Å²) in [6, 6.07) is 2.66. The molecule has 1 aliphatic rings. The summed E-state index contributed by atoms with van der Waals surface area (Å²) in [5, 5.41) is 2.77. The van der Waals surface area contributed by atoms with Gasteiger partial charge in [0.05, 0.1) is 36.4 Å². The van der Waals surface area contributed by atoms with E-state index in [0.717, 1.165) is 12.1 Å². The number of aryl methyl sites for hydroxylation is 1. The van der Waals surface area contributed by atoms with Crippen molar-refractivity contribution >= 4 is 17.1 Å². The highest BCUT2D eigenvalue weighted by Crippen LogP contribution is 2.33. The Hall–Kier alpha value is -2.33. The fourth-order valence-corrected chi connectivity index (χ4v) is 3.35. The van der Waals surface area contributed by atoms with E-state index in [1.807, 2.05) is 6.92 Å². The van der Waals surface area contributed by atoms with E-state index in [0.29, 0.717) is 31.1 Å². The van der Waals surface area contributed by atoms with E-state index in [1.165, 1.54) is 6.07 Å². The third-order valence-electron chi connectivity index (χ3n) is 4.59. The van der Waals surface area contributed by atoms with Gasteiger partial charge in [-0.05, 0) is 45.9 Å². The molecule has 1 saturated heterocycles. The standard InChI is InChI=1S/C20H26F3N3O4/c1-5-26-14-7-6-12(20(21,22)23)10-13(14)24-17(26)16(15-11-28-8-9-29-15)25-18(27)30-19(2,3)4/h6-7,10,15-16H,5,8-9,11H2,1-4H3,(H,25,27)/t15-,16+/m1/s1. The summed E-state index contributed by atoms with van der Waals surface area (Å²) in [6.45, 7) is 8.48. The molecule has 1 aliphatic heterocycles. The number of imidazole rings is 1. The molecule has 1 amide bonds. The van der Waals surface area contributed by atoms with Crippen LogP contribution < -0.4 is 5.32 Å². The fourth-order valence-electron chi connectivity index (χ4n) is 3.35. The minimum atomic E-state index is -4.47. The molecule has 0 radical (unpaired) electrons. The molecule has 0 bridgehead atoms. The predicted octanol–water partition coefficient (Wildman–Crippen LogP) is 4.06. The number of alkyl carbamates (subject to hydrolysis) is 1. The zero-order valence-corrected chi connectivity index (χ0v) is 17.4. The molecular weight excluding hydrogens is 403 g/mol. The van der Waals surface area contributed by atoms with Gasteiger partial charge in [-0.2, -0.15) is 13.2 Å². The largest absolute Gasteiger partial charge is 0.444 e. The molecule has 0 saturated carbocycles. The molecule has 166 valence electrons. The molecule has 2 heterocycles. The number of carbonyl (C=O) groups is 1. The average Bonchev–Trinajstić information content (AvgIpc) is 3.02. The number of aromatic nitrogens is 2. The number of fused-ring (bicyclic) bond motifs is 1. The zero-order chi connectivity index (χ0) is 22.1. The molecule has 0 spiro atoms. The lowest BCUT2D eigenvalue weighted by Crippen LogP contribution is -2.45. The normalized spacial score (nSPS) is 19.0. The average molecular weight is 429 g/mol. The van der Waals surface area contributed by atoms with Crippen LogP contribution in [-0.2, 0) is 26.9 Å². The van der Waals surface area contributed by atoms with Gasteiger partial charge in [-0.25, -0.2) is 9.78 Å². The van der Waals surface area contributed by atoms with E-state index in [4.69, 9.17) is 14.2 Å². The Morgan fingerprint density at radius 3 is 2.63 bits per heavy atom. The summed E-state index contributed by atoms with van der Waals surface area (Å²) in [6.07, 6.45) is -5.71. The van der Waals surface area contributed by atoms with Gasteiger partial charge in [-0.15, -0.1) is 0 Å². The van der Waals surface area contributed by atoms with Gasteiger partial charge < -0.3 is 24.1 Å². The van der Waals surface area contributed by atoms with Gasteiger partial charge >= 0.3 is 12.3 Å². The third-order valence-corrected chi connectivity index (χ3v) is 4.59. The van der Waals surface area contributed by atoms with Crippen molar-refractivity contribution in [3.63, 3.8) is 0 Å². The third kappa shape index (κ3) is 5.04. The summed E-state index contributed by atoms with van der Waals surface area (Å²) in [5.41, 5.74) is -0.774. The van der Waals surface area contributed by atoms with Gasteiger partial charge in [0.2, 0.25) is 0 Å². The molecular formula is C20H26F3N3O4. The van der Waals surface area contributed by atoms with Crippen LogP contribution >= 0.6 is 0 Å². The molecule has 10 heteroatoms. The summed E-state index contributed by atoms with van der Waals surface area (Å²) in [7, 11) is 0. The maximum absolute atomic E-state index is 13.1. The van der Waals surface area contributed by atoms with Gasteiger partial charge in [0.15, 0.2) is 0 Å². The molecule has 3 rings (SSSR count). The molecule has 2 aromatic rings. The number of hydrogen-bond acceptors (Lipinski definition) is 5. The van der Waals surface area contributed by atoms with Gasteiger partial charge in [-0.3, -0.25) is 0 Å². The van der Waals surface area contributed by atoms with Crippen LogP contribution in [0.5, 0.6) is 0 Å². The Kier molecular flexibility index (Phi) is 6.28. The first-order chi connectivity index (χ1) is 14.0. The topological polar surface area (TPSA) is 74.6 Å². The first-order valence-electron chi connectivity index (χ1n) is 9.76. The van der Waals surface area contributed by atoms with Crippen molar-refractivity contribution in [2.45, 2.75) is 58.2 Å². The number of benzene rings is 1. The van der Waals surface area contributed by atoms with Crippen LogP contribution in [0.3, 0.4) is 0 Å². The van der Waals surface area contributed by atoms with Gasteiger partial charge in [0, 0.05) is 6.54 Å². The number of alkyl halides is 3. The van der Waals surface area contributed by atoms with E-state index >= 15 is 0 Å². The van der Waals surface area contributed by atoms with Crippen molar-refractivity contribution in [3.8, 4) is 0 Å². The maximum Gasteiger partial charge on any atom is 0.416 e. The van der Waals surface area contributed by atoms with Crippen molar-refractivity contribution in [1.82, 2.24) is 14.9 Å².